The highest BCUT2D eigenvalue weighted by Crippen LogP contribution is 2.11. The van der Waals surface area contributed by atoms with Crippen molar-refractivity contribution in [3.05, 3.63) is 29.8 Å². The topological polar surface area (TPSA) is 52.6 Å². The summed E-state index contributed by atoms with van der Waals surface area (Å²) in [4.78, 5) is 13.9. The summed E-state index contributed by atoms with van der Waals surface area (Å²) in [7, 11) is 0. The van der Waals surface area contributed by atoms with Crippen LogP contribution < -0.4 is 5.32 Å². The first-order valence-electron chi connectivity index (χ1n) is 6.40. The van der Waals surface area contributed by atoms with Gasteiger partial charge >= 0.3 is 0 Å². The Kier molecular flexibility index (Phi) is 4.33. The number of nitrogens with one attached hydrogen (secondary N) is 1. The Bertz CT molecular complexity index is 412. The number of anilines is 1. The number of likely N-dealkylation sites (tertiary alicyclic amines) is 1. The molecule has 18 heavy (non-hydrogen) atoms. The van der Waals surface area contributed by atoms with Crippen molar-refractivity contribution in [1.82, 2.24) is 4.90 Å². The van der Waals surface area contributed by atoms with Gasteiger partial charge < -0.3 is 10.4 Å². The average Bonchev–Trinajstić information content (AvgIpc) is 2.32. The number of carbonyl (C=O) groups excluding carboxylic acids is 1. The quantitative estimate of drug-likeness (QED) is 0.850. The van der Waals surface area contributed by atoms with Crippen molar-refractivity contribution in [2.75, 3.05) is 25.0 Å². The van der Waals surface area contributed by atoms with E-state index in [1.807, 2.05) is 31.2 Å². The number of aliphatic hydroxyl groups excluding tert-OH is 1. The minimum atomic E-state index is -0.193. The molecule has 0 radical (unpaired) electrons. The molecule has 0 aliphatic carbocycles. The molecule has 1 fully saturated rings. The number of piperidine rings is 1. The van der Waals surface area contributed by atoms with Crippen molar-refractivity contribution < 1.29 is 9.90 Å². The molecule has 2 N–H and O–H groups in total. The van der Waals surface area contributed by atoms with Gasteiger partial charge in [0.15, 0.2) is 0 Å². The lowest BCUT2D eigenvalue weighted by Crippen LogP contribution is -2.40. The normalized spacial score (nSPS) is 17.7. The summed E-state index contributed by atoms with van der Waals surface area (Å²) in [6.07, 6.45) is 1.33. The molecule has 4 nitrogen and oxygen atoms in total. The lowest BCUT2D eigenvalue weighted by molar-refractivity contribution is -0.117. The van der Waals surface area contributed by atoms with Crippen molar-refractivity contribution >= 4 is 11.6 Å². The number of carbonyl (C=O) groups is 1. The van der Waals surface area contributed by atoms with Crippen molar-refractivity contribution in [2.45, 2.75) is 25.9 Å². The van der Waals surface area contributed by atoms with E-state index in [-0.39, 0.29) is 12.0 Å². The molecule has 1 aliphatic rings. The number of hydrogen-bond acceptors (Lipinski definition) is 3. The Hall–Kier alpha value is -1.39. The second-order valence-corrected chi connectivity index (χ2v) is 4.92. The van der Waals surface area contributed by atoms with E-state index in [2.05, 4.69) is 10.2 Å². The maximum atomic E-state index is 11.9. The van der Waals surface area contributed by atoms with Crippen LogP contribution in [0.15, 0.2) is 24.3 Å². The summed E-state index contributed by atoms with van der Waals surface area (Å²) in [5.74, 6) is 0.0111. The third kappa shape index (κ3) is 3.82. The number of rotatable bonds is 3. The van der Waals surface area contributed by atoms with Crippen LogP contribution in [0.1, 0.15) is 18.4 Å². The van der Waals surface area contributed by atoms with Crippen molar-refractivity contribution in [3.63, 3.8) is 0 Å². The average molecular weight is 248 g/mol. The standard InChI is InChI=1S/C14H20N2O2/c1-11-3-2-4-12(9-11)15-14(18)10-16-7-5-13(17)6-8-16/h2-4,9,13,17H,5-8,10H2,1H3,(H,15,18). The molecular weight excluding hydrogens is 228 g/mol. The zero-order valence-corrected chi connectivity index (χ0v) is 10.7. The second kappa shape index (κ2) is 5.98. The lowest BCUT2D eigenvalue weighted by atomic mass is 10.1. The van der Waals surface area contributed by atoms with Gasteiger partial charge in [0.2, 0.25) is 5.91 Å². The maximum absolute atomic E-state index is 11.9. The highest BCUT2D eigenvalue weighted by molar-refractivity contribution is 5.92. The minimum absolute atomic E-state index is 0.0111. The van der Waals surface area contributed by atoms with E-state index >= 15 is 0 Å². The SMILES string of the molecule is Cc1cccc(NC(=O)CN2CCC(O)CC2)c1. The largest absolute Gasteiger partial charge is 0.393 e. The zero-order chi connectivity index (χ0) is 13.0. The third-order valence-electron chi connectivity index (χ3n) is 3.23. The maximum Gasteiger partial charge on any atom is 0.238 e. The Morgan fingerprint density at radius 3 is 2.83 bits per heavy atom. The van der Waals surface area contributed by atoms with Crippen LogP contribution in [-0.4, -0.2) is 41.7 Å². The number of hydrogen-bond donors (Lipinski definition) is 2. The Morgan fingerprint density at radius 1 is 1.44 bits per heavy atom. The van der Waals surface area contributed by atoms with Crippen LogP contribution in [0.5, 0.6) is 0 Å². The monoisotopic (exact) mass is 248 g/mol. The molecule has 0 unspecified atom stereocenters. The molecule has 0 spiro atoms. The molecule has 0 aromatic heterocycles. The predicted octanol–water partition coefficient (Wildman–Crippen LogP) is 1.39. The summed E-state index contributed by atoms with van der Waals surface area (Å²) in [6.45, 7) is 3.99. The van der Waals surface area contributed by atoms with Gasteiger partial charge in [-0.05, 0) is 37.5 Å². The van der Waals surface area contributed by atoms with E-state index in [1.54, 1.807) is 0 Å². The summed E-state index contributed by atoms with van der Waals surface area (Å²) in [6, 6.07) is 7.78. The summed E-state index contributed by atoms with van der Waals surface area (Å²) in [5.41, 5.74) is 1.98. The molecule has 1 aliphatic heterocycles. The number of amides is 1. The van der Waals surface area contributed by atoms with Crippen molar-refractivity contribution in [3.8, 4) is 0 Å². The van der Waals surface area contributed by atoms with Gasteiger partial charge in [-0.25, -0.2) is 0 Å². The van der Waals surface area contributed by atoms with E-state index in [0.29, 0.717) is 6.54 Å². The molecule has 1 aromatic carbocycles. The predicted molar refractivity (Wildman–Crippen MR) is 71.5 cm³/mol. The first-order chi connectivity index (χ1) is 8.63. The third-order valence-corrected chi connectivity index (χ3v) is 3.23. The molecular formula is C14H20N2O2. The van der Waals surface area contributed by atoms with Crippen LogP contribution in [0.2, 0.25) is 0 Å². The smallest absolute Gasteiger partial charge is 0.238 e. The van der Waals surface area contributed by atoms with Gasteiger partial charge in [-0.15, -0.1) is 0 Å². The minimum Gasteiger partial charge on any atom is -0.393 e. The summed E-state index contributed by atoms with van der Waals surface area (Å²) < 4.78 is 0. The van der Waals surface area contributed by atoms with E-state index in [4.69, 9.17) is 0 Å². The van der Waals surface area contributed by atoms with Crippen LogP contribution in [0, 0.1) is 6.92 Å². The highest BCUT2D eigenvalue weighted by Gasteiger charge is 2.18. The highest BCUT2D eigenvalue weighted by atomic mass is 16.3. The fourth-order valence-electron chi connectivity index (χ4n) is 2.20. The molecule has 0 saturated carbocycles. The van der Waals surface area contributed by atoms with E-state index in [0.717, 1.165) is 37.2 Å². The molecule has 2 rings (SSSR count). The molecule has 1 aromatic rings. The molecule has 0 bridgehead atoms. The van der Waals surface area contributed by atoms with Gasteiger partial charge in [0.25, 0.3) is 0 Å². The van der Waals surface area contributed by atoms with Gasteiger partial charge in [0.1, 0.15) is 0 Å². The molecule has 4 heteroatoms. The van der Waals surface area contributed by atoms with Crippen LogP contribution >= 0.6 is 0 Å². The lowest BCUT2D eigenvalue weighted by Gasteiger charge is -2.28. The van der Waals surface area contributed by atoms with E-state index < -0.39 is 0 Å². The number of benzene rings is 1. The molecule has 1 heterocycles. The summed E-state index contributed by atoms with van der Waals surface area (Å²) in [5, 5.41) is 12.3. The fraction of sp³-hybridized carbons (Fsp3) is 0.500. The first kappa shape index (κ1) is 13.1. The zero-order valence-electron chi connectivity index (χ0n) is 10.7. The Morgan fingerprint density at radius 2 is 2.17 bits per heavy atom. The van der Waals surface area contributed by atoms with Crippen LogP contribution in [0.25, 0.3) is 0 Å². The summed E-state index contributed by atoms with van der Waals surface area (Å²) >= 11 is 0. The Balaban J connectivity index is 1.82. The number of nitrogens with zero attached hydrogens (tertiary/aromatic N) is 1. The number of aryl methyl sites for hydroxylation is 1. The van der Waals surface area contributed by atoms with Gasteiger partial charge in [-0.2, -0.15) is 0 Å². The van der Waals surface area contributed by atoms with Crippen LogP contribution in [0.3, 0.4) is 0 Å². The van der Waals surface area contributed by atoms with E-state index in [1.165, 1.54) is 0 Å². The van der Waals surface area contributed by atoms with Crippen LogP contribution in [-0.2, 0) is 4.79 Å². The molecule has 98 valence electrons. The van der Waals surface area contributed by atoms with Crippen molar-refractivity contribution in [2.24, 2.45) is 0 Å². The molecule has 1 saturated heterocycles. The van der Waals surface area contributed by atoms with Gasteiger partial charge in [0.05, 0.1) is 12.6 Å². The second-order valence-electron chi connectivity index (χ2n) is 4.92. The molecule has 0 atom stereocenters. The van der Waals surface area contributed by atoms with Crippen LogP contribution in [0.4, 0.5) is 5.69 Å². The van der Waals surface area contributed by atoms with Crippen molar-refractivity contribution in [1.29, 1.82) is 0 Å². The number of aliphatic hydroxyl groups is 1. The van der Waals surface area contributed by atoms with Gasteiger partial charge in [0, 0.05) is 18.8 Å². The first-order valence-corrected chi connectivity index (χ1v) is 6.40. The van der Waals surface area contributed by atoms with Gasteiger partial charge in [-0.1, -0.05) is 12.1 Å². The van der Waals surface area contributed by atoms with E-state index in [9.17, 15) is 9.90 Å². The fourth-order valence-corrected chi connectivity index (χ4v) is 2.20. The Labute approximate surface area is 108 Å². The molecule has 1 amide bonds. The van der Waals surface area contributed by atoms with Gasteiger partial charge in [-0.3, -0.25) is 9.69 Å².